The largest absolute Gasteiger partial charge is 0.484 e. The summed E-state index contributed by atoms with van der Waals surface area (Å²) in [6.07, 6.45) is 0. The highest BCUT2D eigenvalue weighted by atomic mass is 35.5. The zero-order valence-corrected chi connectivity index (χ0v) is 13.4. The molecule has 0 aliphatic rings. The van der Waals surface area contributed by atoms with E-state index in [1.165, 1.54) is 4.90 Å². The molecule has 0 spiro atoms. The molecule has 0 unspecified atom stereocenters. The van der Waals surface area contributed by atoms with E-state index in [0.29, 0.717) is 10.8 Å². The average molecular weight is 333 g/mol. The second-order valence-electron chi connectivity index (χ2n) is 4.81. The van der Waals surface area contributed by atoms with E-state index >= 15 is 0 Å². The monoisotopic (exact) mass is 332 g/mol. The number of anilines is 1. The number of ether oxygens (including phenoxy) is 1. The van der Waals surface area contributed by atoms with Crippen molar-refractivity contribution in [2.24, 2.45) is 0 Å². The lowest BCUT2D eigenvalue weighted by atomic mass is 10.3. The summed E-state index contributed by atoms with van der Waals surface area (Å²) in [7, 11) is 1.66. The third kappa shape index (κ3) is 5.30. The highest BCUT2D eigenvalue weighted by molar-refractivity contribution is 6.30. The molecule has 2 amide bonds. The van der Waals surface area contributed by atoms with Gasteiger partial charge in [0.15, 0.2) is 6.61 Å². The van der Waals surface area contributed by atoms with Crippen LogP contribution in [0.2, 0.25) is 5.02 Å². The van der Waals surface area contributed by atoms with Crippen LogP contribution in [-0.4, -0.2) is 32.0 Å². The Labute approximate surface area is 139 Å². The van der Waals surface area contributed by atoms with Crippen LogP contribution in [0.25, 0.3) is 0 Å². The number of carbonyl (C=O) groups is 2. The molecule has 0 aliphatic carbocycles. The fourth-order valence-electron chi connectivity index (χ4n) is 1.82. The van der Waals surface area contributed by atoms with Gasteiger partial charge in [-0.3, -0.25) is 9.59 Å². The van der Waals surface area contributed by atoms with Crippen LogP contribution in [0.1, 0.15) is 0 Å². The first-order valence-electron chi connectivity index (χ1n) is 7.03. The molecule has 23 heavy (non-hydrogen) atoms. The summed E-state index contributed by atoms with van der Waals surface area (Å²) in [4.78, 5) is 25.2. The van der Waals surface area contributed by atoms with E-state index in [2.05, 4.69) is 5.32 Å². The Bertz CT molecular complexity index is 659. The molecule has 0 saturated heterocycles. The van der Waals surface area contributed by atoms with Gasteiger partial charge >= 0.3 is 0 Å². The van der Waals surface area contributed by atoms with E-state index in [4.69, 9.17) is 16.3 Å². The number of para-hydroxylation sites is 1. The molecule has 0 aromatic heterocycles. The number of nitrogens with zero attached hydrogens (tertiary/aromatic N) is 1. The summed E-state index contributed by atoms with van der Waals surface area (Å²) >= 11 is 5.76. The fourth-order valence-corrected chi connectivity index (χ4v) is 1.95. The highest BCUT2D eigenvalue weighted by Gasteiger charge is 2.12. The summed E-state index contributed by atoms with van der Waals surface area (Å²) in [5, 5.41) is 3.13. The molecule has 6 heteroatoms. The van der Waals surface area contributed by atoms with Gasteiger partial charge in [0, 0.05) is 17.8 Å². The molecule has 2 aromatic carbocycles. The minimum absolute atomic E-state index is 0.0891. The predicted octanol–water partition coefficient (Wildman–Crippen LogP) is 2.50. The van der Waals surface area contributed by atoms with Crippen molar-refractivity contribution in [3.05, 3.63) is 59.6 Å². The number of hydrogen-bond acceptors (Lipinski definition) is 3. The van der Waals surface area contributed by atoms with Crippen LogP contribution < -0.4 is 15.0 Å². The molecule has 0 atom stereocenters. The number of likely N-dealkylation sites (N-methyl/N-ethyl adjacent to an activating group) is 1. The third-order valence-corrected chi connectivity index (χ3v) is 3.39. The van der Waals surface area contributed by atoms with Gasteiger partial charge < -0.3 is 15.0 Å². The van der Waals surface area contributed by atoms with E-state index in [-0.39, 0.29) is 25.0 Å². The molecule has 120 valence electrons. The van der Waals surface area contributed by atoms with Crippen LogP contribution in [-0.2, 0) is 9.59 Å². The zero-order valence-electron chi connectivity index (χ0n) is 12.7. The zero-order chi connectivity index (χ0) is 16.7. The molecule has 0 saturated carbocycles. The normalized spacial score (nSPS) is 10.0. The van der Waals surface area contributed by atoms with E-state index in [1.54, 1.807) is 31.3 Å². The van der Waals surface area contributed by atoms with Gasteiger partial charge in [-0.1, -0.05) is 29.8 Å². The first-order valence-corrected chi connectivity index (χ1v) is 7.41. The van der Waals surface area contributed by atoms with E-state index < -0.39 is 0 Å². The van der Waals surface area contributed by atoms with Gasteiger partial charge in [0.1, 0.15) is 5.75 Å². The lowest BCUT2D eigenvalue weighted by Crippen LogP contribution is -2.39. The SMILES string of the molecule is CN(C(=O)CNC(=O)COc1ccc(Cl)cc1)c1ccccc1. The first kappa shape index (κ1) is 16.8. The summed E-state index contributed by atoms with van der Waals surface area (Å²) in [6, 6.07) is 15.9. The highest BCUT2D eigenvalue weighted by Crippen LogP contribution is 2.15. The maximum atomic E-state index is 12.0. The predicted molar refractivity (Wildman–Crippen MR) is 89.8 cm³/mol. The molecule has 0 radical (unpaired) electrons. The lowest BCUT2D eigenvalue weighted by molar-refractivity contribution is -0.126. The first-order chi connectivity index (χ1) is 11.1. The smallest absolute Gasteiger partial charge is 0.258 e. The van der Waals surface area contributed by atoms with Crippen molar-refractivity contribution in [3.63, 3.8) is 0 Å². The number of amides is 2. The molecule has 0 bridgehead atoms. The van der Waals surface area contributed by atoms with E-state index in [0.717, 1.165) is 5.69 Å². The van der Waals surface area contributed by atoms with Gasteiger partial charge in [-0.2, -0.15) is 0 Å². The number of nitrogens with one attached hydrogen (secondary N) is 1. The van der Waals surface area contributed by atoms with Crippen molar-refractivity contribution in [2.45, 2.75) is 0 Å². The number of halogens is 1. The number of benzene rings is 2. The Morgan fingerprint density at radius 1 is 1.09 bits per heavy atom. The van der Waals surface area contributed by atoms with Crippen LogP contribution in [0.4, 0.5) is 5.69 Å². The summed E-state index contributed by atoms with van der Waals surface area (Å²) in [5.74, 6) is -0.0388. The van der Waals surface area contributed by atoms with Gasteiger partial charge in [-0.25, -0.2) is 0 Å². The second kappa shape index (κ2) is 8.19. The molecular weight excluding hydrogens is 316 g/mol. The van der Waals surface area contributed by atoms with Crippen molar-refractivity contribution in [1.82, 2.24) is 5.32 Å². The van der Waals surface area contributed by atoms with Gasteiger partial charge in [0.25, 0.3) is 5.91 Å². The van der Waals surface area contributed by atoms with E-state index in [9.17, 15) is 9.59 Å². The van der Waals surface area contributed by atoms with Gasteiger partial charge in [-0.15, -0.1) is 0 Å². The Morgan fingerprint density at radius 2 is 1.74 bits per heavy atom. The molecule has 5 nitrogen and oxygen atoms in total. The number of rotatable bonds is 6. The minimum atomic E-state index is -0.366. The van der Waals surface area contributed by atoms with Gasteiger partial charge in [0.05, 0.1) is 6.54 Å². The Hall–Kier alpha value is -2.53. The lowest BCUT2D eigenvalue weighted by Gasteiger charge is -2.17. The van der Waals surface area contributed by atoms with Crippen LogP contribution >= 0.6 is 11.6 Å². The van der Waals surface area contributed by atoms with Crippen molar-refractivity contribution in [1.29, 1.82) is 0 Å². The molecule has 0 aliphatic heterocycles. The average Bonchev–Trinajstić information content (AvgIpc) is 2.59. The Balaban J connectivity index is 1.75. The maximum Gasteiger partial charge on any atom is 0.258 e. The Morgan fingerprint density at radius 3 is 2.39 bits per heavy atom. The van der Waals surface area contributed by atoms with Gasteiger partial charge in [0.2, 0.25) is 5.91 Å². The second-order valence-corrected chi connectivity index (χ2v) is 5.24. The van der Waals surface area contributed by atoms with Crippen LogP contribution in [0.15, 0.2) is 54.6 Å². The van der Waals surface area contributed by atoms with Crippen molar-refractivity contribution < 1.29 is 14.3 Å². The molecule has 2 aromatic rings. The molecular formula is C17H17ClN2O3. The van der Waals surface area contributed by atoms with Crippen molar-refractivity contribution in [3.8, 4) is 5.75 Å². The quantitative estimate of drug-likeness (QED) is 0.884. The van der Waals surface area contributed by atoms with Crippen molar-refractivity contribution >= 4 is 29.1 Å². The van der Waals surface area contributed by atoms with Gasteiger partial charge in [-0.05, 0) is 36.4 Å². The topological polar surface area (TPSA) is 58.6 Å². The Kier molecular flexibility index (Phi) is 6.00. The standard InChI is InChI=1S/C17H17ClN2O3/c1-20(14-5-3-2-4-6-14)17(22)11-19-16(21)12-23-15-9-7-13(18)8-10-15/h2-10H,11-12H2,1H3,(H,19,21). The van der Waals surface area contributed by atoms with Crippen LogP contribution in [0.3, 0.4) is 0 Å². The number of carbonyl (C=O) groups excluding carboxylic acids is 2. The molecule has 1 N–H and O–H groups in total. The summed E-state index contributed by atoms with van der Waals surface area (Å²) < 4.78 is 5.30. The summed E-state index contributed by atoms with van der Waals surface area (Å²) in [6.45, 7) is -0.252. The fraction of sp³-hybridized carbons (Fsp3) is 0.176. The van der Waals surface area contributed by atoms with Crippen molar-refractivity contribution in [2.75, 3.05) is 25.1 Å². The van der Waals surface area contributed by atoms with Crippen LogP contribution in [0.5, 0.6) is 5.75 Å². The molecule has 0 heterocycles. The minimum Gasteiger partial charge on any atom is -0.484 e. The third-order valence-electron chi connectivity index (χ3n) is 3.14. The maximum absolute atomic E-state index is 12.0. The summed E-state index contributed by atoms with van der Waals surface area (Å²) in [5.41, 5.74) is 0.768. The molecule has 0 fully saturated rings. The van der Waals surface area contributed by atoms with E-state index in [1.807, 2.05) is 30.3 Å². The molecule has 2 rings (SSSR count). The number of hydrogen-bond donors (Lipinski definition) is 1. The van der Waals surface area contributed by atoms with Crippen LogP contribution in [0, 0.1) is 0 Å².